The van der Waals surface area contributed by atoms with Gasteiger partial charge in [-0.1, -0.05) is 73.7 Å². The minimum absolute atomic E-state index is 0.332. The summed E-state index contributed by atoms with van der Waals surface area (Å²) < 4.78 is 0. The highest BCUT2D eigenvalue weighted by Crippen LogP contribution is 2.30. The summed E-state index contributed by atoms with van der Waals surface area (Å²) in [5, 5.41) is 3.66. The van der Waals surface area contributed by atoms with Crippen LogP contribution in [0.15, 0.2) is 73.3 Å². The zero-order valence-electron chi connectivity index (χ0n) is 12.1. The molecule has 20 heavy (non-hydrogen) atoms. The predicted molar refractivity (Wildman–Crippen MR) is 86.9 cm³/mol. The summed E-state index contributed by atoms with van der Waals surface area (Å²) in [5.41, 5.74) is 2.71. The Morgan fingerprint density at radius 2 is 1.50 bits per heavy atom. The minimum Gasteiger partial charge on any atom is -0.309 e. The first-order valence-electron chi connectivity index (χ1n) is 7.27. The smallest absolute Gasteiger partial charge is 0.0386 e. The van der Waals surface area contributed by atoms with Gasteiger partial charge >= 0.3 is 0 Å². The molecule has 0 bridgehead atoms. The van der Waals surface area contributed by atoms with Crippen molar-refractivity contribution < 1.29 is 0 Å². The second-order valence-corrected chi connectivity index (χ2v) is 5.12. The highest BCUT2D eigenvalue weighted by molar-refractivity contribution is 5.27. The first-order chi connectivity index (χ1) is 9.83. The van der Waals surface area contributed by atoms with Crippen LogP contribution in [0.2, 0.25) is 0 Å². The lowest BCUT2D eigenvalue weighted by Gasteiger charge is -2.26. The first kappa shape index (κ1) is 14.5. The summed E-state index contributed by atoms with van der Waals surface area (Å²) in [6.07, 6.45) is 2.95. The van der Waals surface area contributed by atoms with Gasteiger partial charge in [0.1, 0.15) is 0 Å². The van der Waals surface area contributed by atoms with E-state index in [-0.39, 0.29) is 0 Å². The molecule has 2 rings (SSSR count). The van der Waals surface area contributed by atoms with Crippen molar-refractivity contribution in [2.45, 2.75) is 25.3 Å². The van der Waals surface area contributed by atoms with Gasteiger partial charge in [0.25, 0.3) is 0 Å². The maximum Gasteiger partial charge on any atom is 0.0386 e. The molecule has 2 aromatic rings. The molecule has 1 N–H and O–H groups in total. The van der Waals surface area contributed by atoms with Crippen LogP contribution in [0.25, 0.3) is 0 Å². The van der Waals surface area contributed by atoms with Gasteiger partial charge in [-0.2, -0.15) is 0 Å². The summed E-state index contributed by atoms with van der Waals surface area (Å²) >= 11 is 0. The van der Waals surface area contributed by atoms with Gasteiger partial charge in [0.15, 0.2) is 0 Å². The number of benzene rings is 2. The van der Waals surface area contributed by atoms with Crippen LogP contribution in [0.3, 0.4) is 0 Å². The van der Waals surface area contributed by atoms with Crippen molar-refractivity contribution in [3.8, 4) is 0 Å². The van der Waals surface area contributed by atoms with E-state index >= 15 is 0 Å². The van der Waals surface area contributed by atoms with Crippen LogP contribution < -0.4 is 5.32 Å². The maximum atomic E-state index is 3.79. The van der Waals surface area contributed by atoms with Crippen molar-refractivity contribution in [3.63, 3.8) is 0 Å². The standard InChI is InChI=1S/C19H23N/c1-3-4-15-20-19(18-13-9-6-10-14-18)16(2)17-11-7-5-8-12-17/h3,5-14,16,19-20H,1,4,15H2,2H3/t16-,19+/m1/s1. The average molecular weight is 265 g/mol. The van der Waals surface area contributed by atoms with E-state index in [1.165, 1.54) is 11.1 Å². The van der Waals surface area contributed by atoms with Crippen LogP contribution in [0.1, 0.15) is 36.4 Å². The van der Waals surface area contributed by atoms with Gasteiger partial charge in [-0.15, -0.1) is 6.58 Å². The normalized spacial score (nSPS) is 13.7. The topological polar surface area (TPSA) is 12.0 Å². The SMILES string of the molecule is C=CCCN[C@H](c1ccccc1)[C@H](C)c1ccccc1. The Labute approximate surface area is 122 Å². The largest absolute Gasteiger partial charge is 0.309 e. The molecule has 0 amide bonds. The Morgan fingerprint density at radius 3 is 2.05 bits per heavy atom. The molecule has 104 valence electrons. The minimum atomic E-state index is 0.332. The highest BCUT2D eigenvalue weighted by atomic mass is 14.9. The molecule has 0 radical (unpaired) electrons. The van der Waals surface area contributed by atoms with Crippen molar-refractivity contribution in [1.82, 2.24) is 5.32 Å². The Kier molecular flexibility index (Phi) is 5.57. The number of hydrogen-bond donors (Lipinski definition) is 1. The van der Waals surface area contributed by atoms with Crippen molar-refractivity contribution in [2.75, 3.05) is 6.54 Å². The van der Waals surface area contributed by atoms with Gasteiger partial charge in [-0.25, -0.2) is 0 Å². The molecular formula is C19H23N. The molecule has 1 heteroatoms. The zero-order chi connectivity index (χ0) is 14.2. The van der Waals surface area contributed by atoms with E-state index < -0.39 is 0 Å². The molecule has 0 spiro atoms. The molecule has 2 atom stereocenters. The van der Waals surface area contributed by atoms with Gasteiger partial charge < -0.3 is 5.32 Å². The highest BCUT2D eigenvalue weighted by Gasteiger charge is 2.19. The molecule has 0 fully saturated rings. The van der Waals surface area contributed by atoms with E-state index in [0.29, 0.717) is 12.0 Å². The van der Waals surface area contributed by atoms with Crippen LogP contribution in [0, 0.1) is 0 Å². The molecule has 0 aliphatic carbocycles. The second-order valence-electron chi connectivity index (χ2n) is 5.12. The molecule has 0 saturated carbocycles. The second kappa shape index (κ2) is 7.66. The zero-order valence-corrected chi connectivity index (χ0v) is 12.1. The molecule has 0 unspecified atom stereocenters. The molecule has 0 aromatic heterocycles. The fraction of sp³-hybridized carbons (Fsp3) is 0.263. The van der Waals surface area contributed by atoms with Crippen LogP contribution in [-0.4, -0.2) is 6.54 Å². The molecule has 0 aliphatic rings. The van der Waals surface area contributed by atoms with Crippen LogP contribution in [0.4, 0.5) is 0 Å². The van der Waals surface area contributed by atoms with E-state index in [1.54, 1.807) is 0 Å². The molecule has 1 nitrogen and oxygen atoms in total. The van der Waals surface area contributed by atoms with Gasteiger partial charge in [-0.3, -0.25) is 0 Å². The van der Waals surface area contributed by atoms with Gasteiger partial charge in [-0.05, 0) is 24.1 Å². The molecular weight excluding hydrogens is 242 g/mol. The van der Waals surface area contributed by atoms with Crippen LogP contribution in [-0.2, 0) is 0 Å². The fourth-order valence-electron chi connectivity index (χ4n) is 2.53. The van der Waals surface area contributed by atoms with Crippen molar-refractivity contribution >= 4 is 0 Å². The van der Waals surface area contributed by atoms with E-state index in [0.717, 1.165) is 13.0 Å². The average Bonchev–Trinajstić information content (AvgIpc) is 2.53. The van der Waals surface area contributed by atoms with E-state index in [1.807, 2.05) is 6.08 Å². The van der Waals surface area contributed by atoms with Gasteiger partial charge in [0, 0.05) is 12.0 Å². The Hall–Kier alpha value is -1.86. The van der Waals surface area contributed by atoms with Crippen molar-refractivity contribution in [3.05, 3.63) is 84.4 Å². The first-order valence-corrected chi connectivity index (χ1v) is 7.27. The van der Waals surface area contributed by atoms with Gasteiger partial charge in [0.2, 0.25) is 0 Å². The number of nitrogens with one attached hydrogen (secondary N) is 1. The van der Waals surface area contributed by atoms with Crippen LogP contribution in [0.5, 0.6) is 0 Å². The summed E-state index contributed by atoms with van der Waals surface area (Å²) in [5.74, 6) is 0.434. The Bertz CT molecular complexity index is 504. The lowest BCUT2D eigenvalue weighted by molar-refractivity contribution is 0.471. The third kappa shape index (κ3) is 3.82. The molecule has 0 heterocycles. The Morgan fingerprint density at radius 1 is 0.950 bits per heavy atom. The van der Waals surface area contributed by atoms with E-state index in [2.05, 4.69) is 79.5 Å². The third-order valence-electron chi connectivity index (χ3n) is 3.70. The summed E-state index contributed by atoms with van der Waals surface area (Å²) in [7, 11) is 0. The van der Waals surface area contributed by atoms with E-state index in [9.17, 15) is 0 Å². The predicted octanol–water partition coefficient (Wildman–Crippen LogP) is 4.70. The molecule has 0 aliphatic heterocycles. The summed E-state index contributed by atoms with van der Waals surface area (Å²) in [6, 6.07) is 21.7. The quantitative estimate of drug-likeness (QED) is 0.565. The van der Waals surface area contributed by atoms with E-state index in [4.69, 9.17) is 0 Å². The van der Waals surface area contributed by atoms with Crippen molar-refractivity contribution in [2.24, 2.45) is 0 Å². The Balaban J connectivity index is 2.19. The lowest BCUT2D eigenvalue weighted by Crippen LogP contribution is -2.26. The molecule has 0 saturated heterocycles. The number of rotatable bonds is 7. The summed E-state index contributed by atoms with van der Waals surface area (Å²) in [4.78, 5) is 0. The van der Waals surface area contributed by atoms with Crippen molar-refractivity contribution in [1.29, 1.82) is 0 Å². The fourth-order valence-corrected chi connectivity index (χ4v) is 2.53. The summed E-state index contributed by atoms with van der Waals surface area (Å²) in [6.45, 7) is 7.04. The lowest BCUT2D eigenvalue weighted by atomic mass is 9.88. The monoisotopic (exact) mass is 265 g/mol. The third-order valence-corrected chi connectivity index (χ3v) is 3.70. The number of hydrogen-bond acceptors (Lipinski definition) is 1. The van der Waals surface area contributed by atoms with Gasteiger partial charge in [0.05, 0.1) is 0 Å². The van der Waals surface area contributed by atoms with Crippen LogP contribution >= 0.6 is 0 Å². The maximum absolute atomic E-state index is 3.79. The molecule has 2 aromatic carbocycles.